The van der Waals surface area contributed by atoms with Crippen molar-refractivity contribution in [1.29, 1.82) is 0 Å². The minimum absolute atomic E-state index is 0.0142. The molecule has 0 bridgehead atoms. The number of esters is 1. The summed E-state index contributed by atoms with van der Waals surface area (Å²) in [6, 6.07) is 19.0. The van der Waals surface area contributed by atoms with Gasteiger partial charge in [0, 0.05) is 5.56 Å². The van der Waals surface area contributed by atoms with Crippen LogP contribution in [0.15, 0.2) is 72.3 Å². The van der Waals surface area contributed by atoms with Gasteiger partial charge < -0.3 is 33.2 Å². The Balaban J connectivity index is 1.47. The molecule has 43 heavy (non-hydrogen) atoms. The van der Waals surface area contributed by atoms with Crippen LogP contribution >= 0.6 is 0 Å². The van der Waals surface area contributed by atoms with Gasteiger partial charge in [0.25, 0.3) is 0 Å². The van der Waals surface area contributed by atoms with E-state index in [0.717, 1.165) is 10.5 Å². The number of fused-ring (bicyclic) bond motifs is 1. The highest BCUT2D eigenvalue weighted by Gasteiger charge is 2.52. The topological polar surface area (TPSA) is 119 Å². The lowest BCUT2D eigenvalue weighted by atomic mass is 9.87. The Hall–Kier alpha value is -5.19. The van der Waals surface area contributed by atoms with Crippen LogP contribution in [0, 0.1) is 5.92 Å². The van der Waals surface area contributed by atoms with Crippen molar-refractivity contribution in [2.45, 2.75) is 18.6 Å². The number of rotatable bonds is 8. The molecule has 1 saturated heterocycles. The first-order chi connectivity index (χ1) is 20.9. The fourth-order valence-electron chi connectivity index (χ4n) is 5.60. The molecule has 3 aromatic rings. The second kappa shape index (κ2) is 11.6. The second-order valence-corrected chi connectivity index (χ2v) is 10.1. The average molecular weight is 588 g/mol. The number of carbonyl (C=O) groups is 3. The van der Waals surface area contributed by atoms with Crippen molar-refractivity contribution in [3.05, 3.63) is 89.0 Å². The van der Waals surface area contributed by atoms with Crippen molar-refractivity contribution in [3.63, 3.8) is 0 Å². The SMILES string of the molecule is COC(=O)C1=C(c2ccc3c(c2)OCO3)O[C@@H](c2ccc(OC)c(OC)c2)[C@@H]1C(=O)N1C(=O)OC[C@@H]1Cc1ccccc1. The molecule has 3 aromatic carbocycles. The van der Waals surface area contributed by atoms with Crippen molar-refractivity contribution in [2.75, 3.05) is 34.7 Å². The first kappa shape index (κ1) is 28.0. The molecular weight excluding hydrogens is 558 g/mol. The summed E-state index contributed by atoms with van der Waals surface area (Å²) in [5.74, 6) is -0.717. The van der Waals surface area contributed by atoms with Crippen LogP contribution in [0.5, 0.6) is 23.0 Å². The number of nitrogens with zero attached hydrogens (tertiary/aromatic N) is 1. The lowest BCUT2D eigenvalue weighted by Gasteiger charge is -2.27. The van der Waals surface area contributed by atoms with Gasteiger partial charge in [-0.3, -0.25) is 4.79 Å². The number of methoxy groups -OCH3 is 3. The third-order valence-electron chi connectivity index (χ3n) is 7.66. The highest BCUT2D eigenvalue weighted by molar-refractivity contribution is 6.07. The molecule has 222 valence electrons. The molecule has 3 heterocycles. The largest absolute Gasteiger partial charge is 0.493 e. The minimum atomic E-state index is -1.27. The van der Waals surface area contributed by atoms with Gasteiger partial charge in [-0.15, -0.1) is 0 Å². The molecule has 11 heteroatoms. The smallest absolute Gasteiger partial charge is 0.417 e. The second-order valence-electron chi connectivity index (χ2n) is 10.1. The zero-order valence-electron chi connectivity index (χ0n) is 23.7. The lowest BCUT2D eigenvalue weighted by molar-refractivity contribution is -0.141. The fraction of sp³-hybridized carbons (Fsp3) is 0.281. The van der Waals surface area contributed by atoms with E-state index in [-0.39, 0.29) is 24.7 Å². The van der Waals surface area contributed by atoms with Crippen molar-refractivity contribution < 1.29 is 47.5 Å². The van der Waals surface area contributed by atoms with E-state index < -0.39 is 36.0 Å². The van der Waals surface area contributed by atoms with E-state index in [9.17, 15) is 14.4 Å². The highest BCUT2D eigenvalue weighted by atomic mass is 16.7. The molecule has 0 aromatic heterocycles. The van der Waals surface area contributed by atoms with E-state index in [0.29, 0.717) is 40.5 Å². The van der Waals surface area contributed by atoms with Crippen molar-refractivity contribution in [3.8, 4) is 23.0 Å². The normalized spacial score (nSPS) is 20.5. The molecule has 0 unspecified atom stereocenters. The molecule has 6 rings (SSSR count). The molecule has 0 aliphatic carbocycles. The van der Waals surface area contributed by atoms with Gasteiger partial charge in [-0.05, 0) is 47.9 Å². The summed E-state index contributed by atoms with van der Waals surface area (Å²) < 4.78 is 38.9. The van der Waals surface area contributed by atoms with Crippen LogP contribution in [0.2, 0.25) is 0 Å². The fourth-order valence-corrected chi connectivity index (χ4v) is 5.60. The average Bonchev–Trinajstić information content (AvgIpc) is 3.77. The van der Waals surface area contributed by atoms with Gasteiger partial charge in [-0.2, -0.15) is 0 Å². The molecule has 0 N–H and O–H groups in total. The molecule has 1 fully saturated rings. The highest BCUT2D eigenvalue weighted by Crippen LogP contribution is 2.49. The van der Waals surface area contributed by atoms with Gasteiger partial charge in [0.15, 0.2) is 23.0 Å². The molecule has 3 atom stereocenters. The quantitative estimate of drug-likeness (QED) is 0.353. The van der Waals surface area contributed by atoms with E-state index in [2.05, 4.69) is 0 Å². The van der Waals surface area contributed by atoms with Gasteiger partial charge in [-0.1, -0.05) is 36.4 Å². The summed E-state index contributed by atoms with van der Waals surface area (Å²) in [6.45, 7) is 0.0676. The Bertz CT molecular complexity index is 1600. The first-order valence-corrected chi connectivity index (χ1v) is 13.6. The predicted molar refractivity (Wildman–Crippen MR) is 150 cm³/mol. The third kappa shape index (κ3) is 5.07. The van der Waals surface area contributed by atoms with E-state index in [1.807, 2.05) is 30.3 Å². The zero-order valence-corrected chi connectivity index (χ0v) is 23.7. The molecule has 0 spiro atoms. The number of carbonyl (C=O) groups excluding carboxylic acids is 3. The van der Waals surface area contributed by atoms with Crippen LogP contribution in [0.1, 0.15) is 22.8 Å². The van der Waals surface area contributed by atoms with Crippen LogP contribution in [-0.2, 0) is 30.2 Å². The summed E-state index contributed by atoms with van der Waals surface area (Å²) in [5, 5.41) is 0. The zero-order chi connectivity index (χ0) is 30.1. The number of hydrogen-bond acceptors (Lipinski definition) is 10. The van der Waals surface area contributed by atoms with Crippen LogP contribution in [0.4, 0.5) is 4.79 Å². The van der Waals surface area contributed by atoms with Crippen molar-refractivity contribution in [1.82, 2.24) is 4.90 Å². The standard InChI is InChI=1S/C32H29NO10/c1-37-22-11-9-19(14-24(22)38-2)28-26(30(34)33-21(16-40-32(33)36)13-18-7-5-4-6-8-18)27(31(35)39-3)29(43-28)20-10-12-23-25(15-20)42-17-41-23/h4-12,14-15,21,26,28H,13,16-17H2,1-3H3/t21-,26+,28-/m0/s1. The maximum atomic E-state index is 14.5. The van der Waals surface area contributed by atoms with Crippen LogP contribution in [-0.4, -0.2) is 63.6 Å². The summed E-state index contributed by atoms with van der Waals surface area (Å²) >= 11 is 0. The molecule has 3 aliphatic heterocycles. The number of imide groups is 1. The van der Waals surface area contributed by atoms with E-state index in [1.54, 1.807) is 36.4 Å². The van der Waals surface area contributed by atoms with Gasteiger partial charge in [0.2, 0.25) is 12.7 Å². The minimum Gasteiger partial charge on any atom is -0.493 e. The third-order valence-corrected chi connectivity index (χ3v) is 7.66. The van der Waals surface area contributed by atoms with E-state index in [4.69, 9.17) is 33.2 Å². The molecule has 11 nitrogen and oxygen atoms in total. The Morgan fingerprint density at radius 1 is 0.884 bits per heavy atom. The van der Waals surface area contributed by atoms with Gasteiger partial charge >= 0.3 is 12.1 Å². The lowest BCUT2D eigenvalue weighted by Crippen LogP contribution is -2.45. The van der Waals surface area contributed by atoms with Crippen molar-refractivity contribution in [2.24, 2.45) is 5.92 Å². The van der Waals surface area contributed by atoms with E-state index >= 15 is 0 Å². The molecule has 0 radical (unpaired) electrons. The Kier molecular flexibility index (Phi) is 7.54. The number of amides is 2. The maximum absolute atomic E-state index is 14.5. The molecule has 0 saturated carbocycles. The van der Waals surface area contributed by atoms with Gasteiger partial charge in [0.1, 0.15) is 24.4 Å². The van der Waals surface area contributed by atoms with E-state index in [1.165, 1.54) is 21.3 Å². The summed E-state index contributed by atoms with van der Waals surface area (Å²) in [7, 11) is 4.22. The van der Waals surface area contributed by atoms with Gasteiger partial charge in [-0.25, -0.2) is 14.5 Å². The van der Waals surface area contributed by atoms with Crippen molar-refractivity contribution >= 4 is 23.7 Å². The number of benzene rings is 3. The van der Waals surface area contributed by atoms with Crippen LogP contribution in [0.25, 0.3) is 5.76 Å². The summed E-state index contributed by atoms with van der Waals surface area (Å²) in [5.41, 5.74) is 1.87. The number of ether oxygens (including phenoxy) is 7. The monoisotopic (exact) mass is 587 g/mol. The Morgan fingerprint density at radius 2 is 1.65 bits per heavy atom. The molecular formula is C32H29NO10. The molecule has 2 amide bonds. The van der Waals surface area contributed by atoms with Crippen LogP contribution in [0.3, 0.4) is 0 Å². The number of cyclic esters (lactones) is 1. The first-order valence-electron chi connectivity index (χ1n) is 13.6. The maximum Gasteiger partial charge on any atom is 0.417 e. The Morgan fingerprint density at radius 3 is 2.40 bits per heavy atom. The summed E-state index contributed by atoms with van der Waals surface area (Å²) in [4.78, 5) is 42.1. The van der Waals surface area contributed by atoms with Gasteiger partial charge in [0.05, 0.1) is 32.9 Å². The molecule has 3 aliphatic rings. The Labute approximate surface area is 247 Å². The van der Waals surface area contributed by atoms with Crippen LogP contribution < -0.4 is 18.9 Å². The summed E-state index contributed by atoms with van der Waals surface area (Å²) in [6.07, 6.45) is -1.45. The predicted octanol–water partition coefficient (Wildman–Crippen LogP) is 4.29. The number of hydrogen-bond donors (Lipinski definition) is 0.